The number of fused-ring (bicyclic) bond motifs is 1. The Bertz CT molecular complexity index is 506. The second-order valence-electron chi connectivity index (χ2n) is 5.36. The molecule has 2 unspecified atom stereocenters. The molecule has 20 heavy (non-hydrogen) atoms. The first-order valence-corrected chi connectivity index (χ1v) is 7.99. The van der Waals surface area contributed by atoms with E-state index in [2.05, 4.69) is 4.72 Å². The molecule has 0 bridgehead atoms. The molecule has 2 heterocycles. The fraction of sp³-hybridized carbons (Fsp3) is 0.818. The van der Waals surface area contributed by atoms with Crippen molar-refractivity contribution >= 4 is 22.1 Å². The molecule has 2 saturated heterocycles. The smallest absolute Gasteiger partial charge is 0.303 e. The molecule has 0 radical (unpaired) electrons. The van der Waals surface area contributed by atoms with Crippen LogP contribution >= 0.6 is 0 Å². The fourth-order valence-corrected chi connectivity index (χ4v) is 4.05. The van der Waals surface area contributed by atoms with E-state index in [9.17, 15) is 18.0 Å². The number of carbonyl (C=O) groups is 2. The Kier molecular flexibility index (Phi) is 4.31. The van der Waals surface area contributed by atoms with Gasteiger partial charge in [-0.3, -0.25) is 9.59 Å². The van der Waals surface area contributed by atoms with Gasteiger partial charge in [0.1, 0.15) is 0 Å². The third kappa shape index (κ3) is 3.28. The summed E-state index contributed by atoms with van der Waals surface area (Å²) in [4.78, 5) is 24.3. The molecule has 0 aliphatic carbocycles. The molecule has 0 saturated carbocycles. The molecule has 1 amide bonds. The molecular formula is C11H19N3O5S. The van der Waals surface area contributed by atoms with Gasteiger partial charge in [0.25, 0.3) is 10.2 Å². The first-order chi connectivity index (χ1) is 9.29. The third-order valence-corrected chi connectivity index (χ3v) is 5.27. The lowest BCUT2D eigenvalue weighted by Gasteiger charge is -2.35. The molecule has 2 N–H and O–H groups in total. The Balaban J connectivity index is 1.89. The third-order valence-electron chi connectivity index (χ3n) is 3.64. The van der Waals surface area contributed by atoms with Crippen LogP contribution in [0.15, 0.2) is 0 Å². The van der Waals surface area contributed by atoms with Gasteiger partial charge in [0.05, 0.1) is 6.04 Å². The highest BCUT2D eigenvalue weighted by atomic mass is 32.2. The van der Waals surface area contributed by atoms with Crippen molar-refractivity contribution < 1.29 is 23.1 Å². The lowest BCUT2D eigenvalue weighted by atomic mass is 10.0. The summed E-state index contributed by atoms with van der Waals surface area (Å²) < 4.78 is 27.1. The van der Waals surface area contributed by atoms with Crippen LogP contribution < -0.4 is 4.72 Å². The number of aliphatic carboxylic acids is 1. The molecule has 2 rings (SSSR count). The maximum absolute atomic E-state index is 12.1. The lowest BCUT2D eigenvalue weighted by molar-refractivity contribution is -0.139. The molecule has 0 spiro atoms. The van der Waals surface area contributed by atoms with E-state index < -0.39 is 16.2 Å². The summed E-state index contributed by atoms with van der Waals surface area (Å²) in [7, 11) is -3.37. The number of nitrogens with zero attached hydrogens (tertiary/aromatic N) is 2. The van der Waals surface area contributed by atoms with Gasteiger partial charge in [0, 0.05) is 39.0 Å². The number of hydrogen-bond donors (Lipinski definition) is 2. The van der Waals surface area contributed by atoms with Crippen LogP contribution in [0.2, 0.25) is 0 Å². The highest BCUT2D eigenvalue weighted by Gasteiger charge is 2.41. The van der Waals surface area contributed by atoms with Gasteiger partial charge in [-0.1, -0.05) is 6.92 Å². The number of piperazine rings is 1. The molecule has 0 aromatic carbocycles. The van der Waals surface area contributed by atoms with Crippen molar-refractivity contribution in [3.63, 3.8) is 0 Å². The van der Waals surface area contributed by atoms with Gasteiger partial charge in [0.2, 0.25) is 5.91 Å². The molecule has 2 atom stereocenters. The van der Waals surface area contributed by atoms with E-state index in [1.54, 1.807) is 11.8 Å². The average Bonchev–Trinajstić information content (AvgIpc) is 2.64. The van der Waals surface area contributed by atoms with Crippen LogP contribution in [0.5, 0.6) is 0 Å². The molecule has 8 nitrogen and oxygen atoms in total. The maximum Gasteiger partial charge on any atom is 0.303 e. The van der Waals surface area contributed by atoms with E-state index in [-0.39, 0.29) is 30.7 Å². The number of hydrogen-bond acceptors (Lipinski definition) is 4. The van der Waals surface area contributed by atoms with E-state index in [0.717, 1.165) is 0 Å². The summed E-state index contributed by atoms with van der Waals surface area (Å²) in [6.45, 7) is 3.06. The van der Waals surface area contributed by atoms with Crippen LogP contribution in [-0.2, 0) is 19.8 Å². The number of amides is 1. The van der Waals surface area contributed by atoms with Crippen molar-refractivity contribution in [1.82, 2.24) is 13.9 Å². The number of carboxylic acids is 1. The van der Waals surface area contributed by atoms with Crippen LogP contribution in [0.1, 0.15) is 19.8 Å². The molecule has 114 valence electrons. The molecular weight excluding hydrogens is 286 g/mol. The van der Waals surface area contributed by atoms with Crippen LogP contribution in [0.25, 0.3) is 0 Å². The zero-order valence-corrected chi connectivity index (χ0v) is 12.1. The fourth-order valence-electron chi connectivity index (χ4n) is 2.63. The summed E-state index contributed by atoms with van der Waals surface area (Å²) in [5.74, 6) is -1.24. The van der Waals surface area contributed by atoms with Crippen molar-refractivity contribution in [2.24, 2.45) is 5.92 Å². The topological polar surface area (TPSA) is 107 Å². The summed E-state index contributed by atoms with van der Waals surface area (Å²) in [5, 5.41) is 8.68. The molecule has 9 heteroatoms. The van der Waals surface area contributed by atoms with Gasteiger partial charge in [0.15, 0.2) is 0 Å². The SMILES string of the molecule is CC(CC(=O)O)CC(=O)N1CCN2C(CNS2(=O)=O)C1. The predicted molar refractivity (Wildman–Crippen MR) is 70.0 cm³/mol. The first-order valence-electron chi connectivity index (χ1n) is 6.55. The van der Waals surface area contributed by atoms with Crippen LogP contribution in [-0.4, -0.2) is 66.8 Å². The van der Waals surface area contributed by atoms with Gasteiger partial charge in [-0.2, -0.15) is 12.7 Å². The standard InChI is InChI=1S/C11H19N3O5S/c1-8(5-11(16)17)4-10(15)13-2-3-14-9(7-13)6-12-20(14,18)19/h8-9,12H,2-7H2,1H3,(H,16,17). The van der Waals surface area contributed by atoms with E-state index in [0.29, 0.717) is 26.2 Å². The normalized spacial score (nSPS) is 27.1. The second kappa shape index (κ2) is 5.66. The minimum atomic E-state index is -3.37. The number of carbonyl (C=O) groups excluding carboxylic acids is 1. The number of carboxylic acid groups (broad SMARTS) is 1. The monoisotopic (exact) mass is 305 g/mol. The number of rotatable bonds is 4. The second-order valence-corrected chi connectivity index (χ2v) is 7.07. The zero-order valence-electron chi connectivity index (χ0n) is 11.3. The minimum absolute atomic E-state index is 0.0366. The molecule has 0 aromatic heterocycles. The van der Waals surface area contributed by atoms with Crippen molar-refractivity contribution in [2.45, 2.75) is 25.8 Å². The quantitative estimate of drug-likeness (QED) is 0.682. The van der Waals surface area contributed by atoms with Gasteiger partial charge in [-0.25, -0.2) is 4.72 Å². The molecule has 0 aromatic rings. The zero-order chi connectivity index (χ0) is 14.9. The Morgan fingerprint density at radius 2 is 2.05 bits per heavy atom. The van der Waals surface area contributed by atoms with Gasteiger partial charge >= 0.3 is 5.97 Å². The Hall–Kier alpha value is -1.19. The van der Waals surface area contributed by atoms with E-state index >= 15 is 0 Å². The van der Waals surface area contributed by atoms with Crippen molar-refractivity contribution in [1.29, 1.82) is 0 Å². The van der Waals surface area contributed by atoms with Crippen LogP contribution in [0.4, 0.5) is 0 Å². The summed E-state index contributed by atoms with van der Waals surface area (Å²) in [6, 6.07) is -0.215. The minimum Gasteiger partial charge on any atom is -0.481 e. The Morgan fingerprint density at radius 1 is 1.35 bits per heavy atom. The summed E-state index contributed by atoms with van der Waals surface area (Å²) in [5.41, 5.74) is 0. The lowest BCUT2D eigenvalue weighted by Crippen LogP contribution is -2.54. The first kappa shape index (κ1) is 15.2. The molecule has 2 aliphatic rings. The van der Waals surface area contributed by atoms with Crippen LogP contribution in [0, 0.1) is 5.92 Å². The van der Waals surface area contributed by atoms with E-state index in [1.165, 1.54) is 4.31 Å². The predicted octanol–water partition coefficient (Wildman–Crippen LogP) is -1.15. The van der Waals surface area contributed by atoms with Gasteiger partial charge in [-0.15, -0.1) is 0 Å². The summed E-state index contributed by atoms with van der Waals surface area (Å²) >= 11 is 0. The number of nitrogens with one attached hydrogen (secondary N) is 1. The van der Waals surface area contributed by atoms with Gasteiger partial charge < -0.3 is 10.0 Å². The van der Waals surface area contributed by atoms with Crippen molar-refractivity contribution in [3.8, 4) is 0 Å². The van der Waals surface area contributed by atoms with E-state index in [1.807, 2.05) is 0 Å². The van der Waals surface area contributed by atoms with Crippen LogP contribution in [0.3, 0.4) is 0 Å². The molecule has 2 fully saturated rings. The van der Waals surface area contributed by atoms with Crippen molar-refractivity contribution in [2.75, 3.05) is 26.2 Å². The largest absolute Gasteiger partial charge is 0.481 e. The average molecular weight is 305 g/mol. The summed E-state index contributed by atoms with van der Waals surface area (Å²) in [6.07, 6.45) is 0.143. The highest BCUT2D eigenvalue weighted by Crippen LogP contribution is 2.20. The Labute approximate surface area is 117 Å². The Morgan fingerprint density at radius 3 is 2.70 bits per heavy atom. The van der Waals surface area contributed by atoms with Crippen molar-refractivity contribution in [3.05, 3.63) is 0 Å². The molecule has 2 aliphatic heterocycles. The maximum atomic E-state index is 12.1. The van der Waals surface area contributed by atoms with E-state index in [4.69, 9.17) is 5.11 Å². The highest BCUT2D eigenvalue weighted by molar-refractivity contribution is 7.87. The van der Waals surface area contributed by atoms with Gasteiger partial charge in [-0.05, 0) is 5.92 Å².